The summed E-state index contributed by atoms with van der Waals surface area (Å²) in [7, 11) is 0. The minimum absolute atomic E-state index is 0.124. The van der Waals surface area contributed by atoms with Crippen molar-refractivity contribution in [3.8, 4) is 23.2 Å². The molecule has 3 aromatic heterocycles. The monoisotopic (exact) mass is 368 g/mol. The number of nitrogens with zero attached hydrogens (tertiary/aromatic N) is 5. The van der Waals surface area contributed by atoms with Crippen LogP contribution in [0.25, 0.3) is 22.3 Å². The van der Waals surface area contributed by atoms with E-state index in [0.717, 1.165) is 52.9 Å². The largest absolute Gasteiger partial charge is 0.484 e. The van der Waals surface area contributed by atoms with Crippen LogP contribution >= 0.6 is 0 Å². The molecule has 4 aromatic rings. The van der Waals surface area contributed by atoms with E-state index < -0.39 is 0 Å². The Bertz CT molecular complexity index is 1190. The summed E-state index contributed by atoms with van der Waals surface area (Å²) in [5, 5.41) is 17.4. The summed E-state index contributed by atoms with van der Waals surface area (Å²) >= 11 is 0. The van der Waals surface area contributed by atoms with Crippen LogP contribution in [0.5, 0.6) is 5.75 Å². The van der Waals surface area contributed by atoms with Crippen molar-refractivity contribution < 1.29 is 4.74 Å². The van der Waals surface area contributed by atoms with Gasteiger partial charge in [-0.15, -0.1) is 0 Å². The molecule has 0 amide bonds. The second-order valence-electron chi connectivity index (χ2n) is 6.75. The first-order valence-corrected chi connectivity index (χ1v) is 9.12. The number of aromatic amines is 1. The van der Waals surface area contributed by atoms with Crippen LogP contribution < -0.4 is 4.74 Å². The van der Waals surface area contributed by atoms with Crippen molar-refractivity contribution in [1.82, 2.24) is 25.1 Å². The molecule has 1 aliphatic carbocycles. The van der Waals surface area contributed by atoms with Crippen molar-refractivity contribution in [2.24, 2.45) is 0 Å². The second kappa shape index (κ2) is 6.74. The van der Waals surface area contributed by atoms with E-state index in [9.17, 15) is 0 Å². The van der Waals surface area contributed by atoms with Crippen molar-refractivity contribution >= 4 is 10.9 Å². The number of nitriles is 1. The quantitative estimate of drug-likeness (QED) is 0.591. The van der Waals surface area contributed by atoms with E-state index in [1.54, 1.807) is 24.8 Å². The maximum absolute atomic E-state index is 9.10. The number of hydrogen-bond acceptors (Lipinski definition) is 6. The molecule has 1 atom stereocenters. The number of benzene rings is 1. The summed E-state index contributed by atoms with van der Waals surface area (Å²) in [4.78, 5) is 13.0. The van der Waals surface area contributed by atoms with Crippen LogP contribution in [0, 0.1) is 11.3 Å². The number of ether oxygens (including phenoxy) is 1. The average molecular weight is 368 g/mol. The zero-order valence-corrected chi connectivity index (χ0v) is 15.0. The lowest BCUT2D eigenvalue weighted by Crippen LogP contribution is -2.17. The average Bonchev–Trinajstić information content (AvgIpc) is 3.17. The molecule has 3 heterocycles. The van der Waals surface area contributed by atoms with Gasteiger partial charge in [-0.25, -0.2) is 0 Å². The lowest BCUT2D eigenvalue weighted by molar-refractivity contribution is 0.178. The maximum Gasteiger partial charge on any atom is 0.141 e. The predicted molar refractivity (Wildman–Crippen MR) is 102 cm³/mol. The van der Waals surface area contributed by atoms with Crippen LogP contribution in [-0.4, -0.2) is 25.1 Å². The number of nitrogens with one attached hydrogen (secondary N) is 1. The van der Waals surface area contributed by atoms with E-state index in [1.807, 2.05) is 24.3 Å². The molecule has 0 unspecified atom stereocenters. The van der Waals surface area contributed by atoms with Gasteiger partial charge in [0.2, 0.25) is 0 Å². The van der Waals surface area contributed by atoms with E-state index in [2.05, 4.69) is 31.2 Å². The molecule has 7 heteroatoms. The van der Waals surface area contributed by atoms with Gasteiger partial charge in [-0.1, -0.05) is 0 Å². The van der Waals surface area contributed by atoms with Gasteiger partial charge < -0.3 is 4.74 Å². The number of H-pyrrole nitrogens is 1. The Hall–Kier alpha value is -3.79. The van der Waals surface area contributed by atoms with Crippen LogP contribution in [-0.2, 0) is 6.42 Å². The normalized spacial score (nSPS) is 15.8. The Morgan fingerprint density at radius 1 is 1.14 bits per heavy atom. The van der Waals surface area contributed by atoms with Gasteiger partial charge in [-0.3, -0.25) is 20.1 Å². The Kier molecular flexibility index (Phi) is 3.95. The van der Waals surface area contributed by atoms with Gasteiger partial charge in [0.25, 0.3) is 0 Å². The second-order valence-corrected chi connectivity index (χ2v) is 6.75. The maximum atomic E-state index is 9.10. The highest BCUT2D eigenvalue weighted by Gasteiger charge is 2.24. The standard InChI is InChI=1S/C21H16N6O/c22-10-13-8-14-2-1-3-19(20(14)25-11-13)28-15-4-5-17-16(9-15)21(27-26-17)18-12-23-6-7-24-18/h4-9,11-12,19H,1-3H2,(H,26,27)/t19-/m0/s1. The van der Waals surface area contributed by atoms with Crippen molar-refractivity contribution in [3.05, 3.63) is 65.9 Å². The van der Waals surface area contributed by atoms with E-state index in [-0.39, 0.29) is 6.10 Å². The van der Waals surface area contributed by atoms with E-state index in [0.29, 0.717) is 11.3 Å². The van der Waals surface area contributed by atoms with E-state index in [1.165, 1.54) is 0 Å². The summed E-state index contributed by atoms with van der Waals surface area (Å²) in [6.07, 6.45) is 9.30. The molecule has 28 heavy (non-hydrogen) atoms. The lowest BCUT2D eigenvalue weighted by Gasteiger charge is -2.25. The number of fused-ring (bicyclic) bond motifs is 2. The molecule has 0 spiro atoms. The number of aryl methyl sites for hydroxylation is 1. The van der Waals surface area contributed by atoms with Crippen LogP contribution in [0.4, 0.5) is 0 Å². The van der Waals surface area contributed by atoms with Crippen molar-refractivity contribution in [2.75, 3.05) is 0 Å². The topological polar surface area (TPSA) is 100 Å². The van der Waals surface area contributed by atoms with Gasteiger partial charge in [-0.05, 0) is 49.1 Å². The molecule has 0 saturated heterocycles. The molecule has 5 rings (SSSR count). The fraction of sp³-hybridized carbons (Fsp3) is 0.190. The molecule has 0 saturated carbocycles. The molecule has 7 nitrogen and oxygen atoms in total. The molecule has 1 aromatic carbocycles. The number of aromatic nitrogens is 5. The highest BCUT2D eigenvalue weighted by molar-refractivity contribution is 5.92. The Labute approximate surface area is 161 Å². The number of pyridine rings is 1. The molecule has 1 aliphatic rings. The van der Waals surface area contributed by atoms with Crippen LogP contribution in [0.3, 0.4) is 0 Å². The third-order valence-corrected chi connectivity index (χ3v) is 4.97. The van der Waals surface area contributed by atoms with Crippen LogP contribution in [0.2, 0.25) is 0 Å². The van der Waals surface area contributed by atoms with E-state index >= 15 is 0 Å². The molecular formula is C21H16N6O. The van der Waals surface area contributed by atoms with Crippen molar-refractivity contribution in [3.63, 3.8) is 0 Å². The Balaban J connectivity index is 1.49. The molecule has 0 bridgehead atoms. The molecule has 0 radical (unpaired) electrons. The molecule has 0 fully saturated rings. The molecule has 0 aliphatic heterocycles. The van der Waals surface area contributed by atoms with Crippen LogP contribution in [0.15, 0.2) is 49.1 Å². The Morgan fingerprint density at radius 3 is 2.96 bits per heavy atom. The SMILES string of the molecule is N#Cc1cnc2c(c1)CCC[C@@H]2Oc1ccc2[nH]nc(-c3cnccn3)c2c1. The summed E-state index contributed by atoms with van der Waals surface area (Å²) in [5.74, 6) is 0.753. The summed E-state index contributed by atoms with van der Waals surface area (Å²) < 4.78 is 6.30. The van der Waals surface area contributed by atoms with Crippen LogP contribution in [0.1, 0.15) is 35.8 Å². The summed E-state index contributed by atoms with van der Waals surface area (Å²) in [6, 6.07) is 9.93. The summed E-state index contributed by atoms with van der Waals surface area (Å²) in [6.45, 7) is 0. The minimum atomic E-state index is -0.124. The van der Waals surface area contributed by atoms with Gasteiger partial charge in [-0.2, -0.15) is 10.4 Å². The smallest absolute Gasteiger partial charge is 0.141 e. The summed E-state index contributed by atoms with van der Waals surface area (Å²) in [5.41, 5.74) is 4.97. The highest BCUT2D eigenvalue weighted by atomic mass is 16.5. The van der Waals surface area contributed by atoms with Gasteiger partial charge >= 0.3 is 0 Å². The van der Waals surface area contributed by atoms with Gasteiger partial charge in [0, 0.05) is 24.0 Å². The van der Waals surface area contributed by atoms with Gasteiger partial charge in [0.1, 0.15) is 29.3 Å². The van der Waals surface area contributed by atoms with E-state index in [4.69, 9.17) is 10.00 Å². The third kappa shape index (κ3) is 2.85. The zero-order chi connectivity index (χ0) is 18.9. The number of hydrogen-bond donors (Lipinski definition) is 1. The first-order chi connectivity index (χ1) is 13.8. The van der Waals surface area contributed by atoms with Gasteiger partial charge in [0.05, 0.1) is 23.0 Å². The molecule has 1 N–H and O–H groups in total. The fourth-order valence-electron chi connectivity index (χ4n) is 3.65. The molecule has 136 valence electrons. The lowest BCUT2D eigenvalue weighted by atomic mass is 9.93. The fourth-order valence-corrected chi connectivity index (χ4v) is 3.65. The predicted octanol–water partition coefficient (Wildman–Crippen LogP) is 3.74. The third-order valence-electron chi connectivity index (χ3n) is 4.97. The van der Waals surface area contributed by atoms with Crippen molar-refractivity contribution in [1.29, 1.82) is 5.26 Å². The van der Waals surface area contributed by atoms with Crippen molar-refractivity contribution in [2.45, 2.75) is 25.4 Å². The minimum Gasteiger partial charge on any atom is -0.484 e. The zero-order valence-electron chi connectivity index (χ0n) is 15.0. The highest BCUT2D eigenvalue weighted by Crippen LogP contribution is 2.34. The number of rotatable bonds is 3. The first-order valence-electron chi connectivity index (χ1n) is 9.12. The Morgan fingerprint density at radius 2 is 2.11 bits per heavy atom. The molecular weight excluding hydrogens is 352 g/mol. The first kappa shape index (κ1) is 16.4. The van der Waals surface area contributed by atoms with Gasteiger partial charge in [0.15, 0.2) is 0 Å².